The minimum Gasteiger partial charge on any atom is -0.388 e. The smallest absolute Gasteiger partial charge is 0.242 e. The number of carbonyl (C=O) groups is 2. The minimum atomic E-state index is -0.0554. The van der Waals surface area contributed by atoms with E-state index in [2.05, 4.69) is 4.98 Å². The van der Waals surface area contributed by atoms with E-state index in [-0.39, 0.29) is 29.9 Å². The summed E-state index contributed by atoms with van der Waals surface area (Å²) >= 11 is 4.87. The first-order valence-corrected chi connectivity index (χ1v) is 6.72. The van der Waals surface area contributed by atoms with Gasteiger partial charge in [-0.05, 0) is 24.6 Å². The highest BCUT2D eigenvalue weighted by Gasteiger charge is 2.28. The van der Waals surface area contributed by atoms with Gasteiger partial charge in [-0.25, -0.2) is 0 Å². The first-order valence-electron chi connectivity index (χ1n) is 6.31. The Morgan fingerprint density at radius 1 is 1.35 bits per heavy atom. The van der Waals surface area contributed by atoms with Crippen LogP contribution in [0.5, 0.6) is 0 Å². The molecule has 0 spiro atoms. The highest BCUT2D eigenvalue weighted by Crippen LogP contribution is 2.11. The summed E-state index contributed by atoms with van der Waals surface area (Å²) in [5.74, 6) is -0.0872. The molecule has 2 heterocycles. The van der Waals surface area contributed by atoms with E-state index in [0.717, 1.165) is 5.56 Å². The van der Waals surface area contributed by atoms with Crippen molar-refractivity contribution in [3.05, 3.63) is 29.6 Å². The first kappa shape index (κ1) is 14.4. The number of amides is 2. The van der Waals surface area contributed by atoms with Gasteiger partial charge in [0.15, 0.2) is 0 Å². The average Bonchev–Trinajstić information content (AvgIpc) is 2.42. The molecule has 1 aliphatic heterocycles. The Hall–Kier alpha value is -2.02. The second-order valence-corrected chi connectivity index (χ2v) is 5.01. The van der Waals surface area contributed by atoms with E-state index in [1.165, 1.54) is 4.90 Å². The number of thiocarbonyl (C=S) groups is 1. The van der Waals surface area contributed by atoms with E-state index in [1.54, 1.807) is 23.2 Å². The molecule has 0 aromatic carbocycles. The maximum Gasteiger partial charge on any atom is 0.242 e. The van der Waals surface area contributed by atoms with Crippen LogP contribution in [0, 0.1) is 0 Å². The number of piperazine rings is 1. The molecule has 2 amide bonds. The van der Waals surface area contributed by atoms with Crippen LogP contribution in [0.4, 0.5) is 0 Å². The quantitative estimate of drug-likeness (QED) is 0.784. The zero-order valence-electron chi connectivity index (χ0n) is 11.2. The number of nitrogens with two attached hydrogens (primary N) is 1. The standard InChI is InChI=1S/C13H16N4O2S/c1-2-16-7-12(19)17(8-11(16)18)6-9-3-4-15-10(5-9)13(14)20/h3-5H,2,6-8H2,1H3,(H2,14,20). The van der Waals surface area contributed by atoms with Crippen molar-refractivity contribution in [2.75, 3.05) is 19.6 Å². The van der Waals surface area contributed by atoms with Crippen molar-refractivity contribution in [3.8, 4) is 0 Å². The Morgan fingerprint density at radius 3 is 2.65 bits per heavy atom. The molecule has 7 heteroatoms. The van der Waals surface area contributed by atoms with Crippen LogP contribution < -0.4 is 5.73 Å². The third-order valence-electron chi connectivity index (χ3n) is 3.19. The van der Waals surface area contributed by atoms with Crippen molar-refractivity contribution >= 4 is 29.0 Å². The average molecular weight is 292 g/mol. The Morgan fingerprint density at radius 2 is 2.00 bits per heavy atom. The molecule has 0 saturated carbocycles. The van der Waals surface area contributed by atoms with Crippen molar-refractivity contribution in [2.45, 2.75) is 13.5 Å². The Balaban J connectivity index is 2.10. The van der Waals surface area contributed by atoms with Crippen LogP contribution in [-0.4, -0.2) is 51.2 Å². The Bertz CT molecular complexity index is 561. The van der Waals surface area contributed by atoms with Gasteiger partial charge in [0.05, 0.1) is 12.2 Å². The van der Waals surface area contributed by atoms with E-state index >= 15 is 0 Å². The number of pyridine rings is 1. The van der Waals surface area contributed by atoms with E-state index < -0.39 is 0 Å². The van der Waals surface area contributed by atoms with E-state index in [0.29, 0.717) is 18.8 Å². The van der Waals surface area contributed by atoms with Gasteiger partial charge >= 0.3 is 0 Å². The van der Waals surface area contributed by atoms with Gasteiger partial charge in [-0.15, -0.1) is 0 Å². The van der Waals surface area contributed by atoms with Crippen LogP contribution in [0.15, 0.2) is 18.3 Å². The van der Waals surface area contributed by atoms with Crippen LogP contribution in [0.2, 0.25) is 0 Å². The van der Waals surface area contributed by atoms with Gasteiger partial charge in [-0.1, -0.05) is 12.2 Å². The molecule has 1 saturated heterocycles. The fraction of sp³-hybridized carbons (Fsp3) is 0.385. The fourth-order valence-corrected chi connectivity index (χ4v) is 2.17. The monoisotopic (exact) mass is 292 g/mol. The SMILES string of the molecule is CCN1CC(=O)N(Cc2ccnc(C(N)=S)c2)CC1=O. The van der Waals surface area contributed by atoms with Crippen molar-refractivity contribution in [1.29, 1.82) is 0 Å². The number of rotatable bonds is 4. The second kappa shape index (κ2) is 5.96. The van der Waals surface area contributed by atoms with Crippen LogP contribution in [0.3, 0.4) is 0 Å². The molecule has 1 aromatic heterocycles. The van der Waals surface area contributed by atoms with Gasteiger partial charge in [0.1, 0.15) is 11.5 Å². The van der Waals surface area contributed by atoms with Crippen LogP contribution in [0.1, 0.15) is 18.2 Å². The van der Waals surface area contributed by atoms with Gasteiger partial charge in [0, 0.05) is 19.3 Å². The molecule has 20 heavy (non-hydrogen) atoms. The van der Waals surface area contributed by atoms with Crippen molar-refractivity contribution in [3.63, 3.8) is 0 Å². The lowest BCUT2D eigenvalue weighted by atomic mass is 10.2. The highest BCUT2D eigenvalue weighted by molar-refractivity contribution is 7.80. The molecule has 2 rings (SSSR count). The second-order valence-electron chi connectivity index (χ2n) is 4.57. The predicted octanol–water partition coefficient (Wildman–Crippen LogP) is -0.0935. The lowest BCUT2D eigenvalue weighted by Crippen LogP contribution is -2.53. The number of likely N-dealkylation sites (N-methyl/N-ethyl adjacent to an activating group) is 1. The molecule has 6 nitrogen and oxygen atoms in total. The zero-order valence-corrected chi connectivity index (χ0v) is 12.0. The van der Waals surface area contributed by atoms with Gasteiger partial charge < -0.3 is 15.5 Å². The number of hydrogen-bond acceptors (Lipinski definition) is 4. The highest BCUT2D eigenvalue weighted by atomic mass is 32.1. The molecule has 106 valence electrons. The largest absolute Gasteiger partial charge is 0.388 e. The molecule has 2 N–H and O–H groups in total. The molecular formula is C13H16N4O2S. The van der Waals surface area contributed by atoms with E-state index in [9.17, 15) is 9.59 Å². The number of aromatic nitrogens is 1. The number of carbonyl (C=O) groups excluding carboxylic acids is 2. The minimum absolute atomic E-state index is 0.0317. The number of hydrogen-bond donors (Lipinski definition) is 1. The summed E-state index contributed by atoms with van der Waals surface area (Å²) in [4.78, 5) is 31.2. The van der Waals surface area contributed by atoms with Crippen molar-refractivity contribution < 1.29 is 9.59 Å². The summed E-state index contributed by atoms with van der Waals surface area (Å²) in [6.07, 6.45) is 1.60. The normalized spacial score (nSPS) is 15.7. The first-order chi connectivity index (χ1) is 9.51. The van der Waals surface area contributed by atoms with Gasteiger partial charge in [0.2, 0.25) is 11.8 Å². The topological polar surface area (TPSA) is 79.5 Å². The van der Waals surface area contributed by atoms with Crippen LogP contribution in [-0.2, 0) is 16.1 Å². The van der Waals surface area contributed by atoms with Gasteiger partial charge in [0.25, 0.3) is 0 Å². The van der Waals surface area contributed by atoms with Crippen LogP contribution in [0.25, 0.3) is 0 Å². The third-order valence-corrected chi connectivity index (χ3v) is 3.40. The van der Waals surface area contributed by atoms with Crippen molar-refractivity contribution in [2.24, 2.45) is 5.73 Å². The lowest BCUT2D eigenvalue weighted by Gasteiger charge is -2.33. The van der Waals surface area contributed by atoms with Gasteiger partial charge in [-0.3, -0.25) is 14.6 Å². The molecular weight excluding hydrogens is 276 g/mol. The summed E-state index contributed by atoms with van der Waals surface area (Å²) in [7, 11) is 0. The summed E-state index contributed by atoms with van der Waals surface area (Å²) < 4.78 is 0. The van der Waals surface area contributed by atoms with Crippen LogP contribution >= 0.6 is 12.2 Å². The zero-order chi connectivity index (χ0) is 14.7. The summed E-state index contributed by atoms with van der Waals surface area (Å²) in [5.41, 5.74) is 6.90. The fourth-order valence-electron chi connectivity index (χ4n) is 2.06. The van der Waals surface area contributed by atoms with E-state index in [4.69, 9.17) is 18.0 Å². The molecule has 0 bridgehead atoms. The molecule has 0 radical (unpaired) electrons. The maximum atomic E-state index is 12.0. The number of nitrogens with zero attached hydrogens (tertiary/aromatic N) is 3. The summed E-state index contributed by atoms with van der Waals surface area (Å²) in [6, 6.07) is 3.53. The van der Waals surface area contributed by atoms with Crippen molar-refractivity contribution in [1.82, 2.24) is 14.8 Å². The molecule has 1 fully saturated rings. The lowest BCUT2D eigenvalue weighted by molar-refractivity contribution is -0.150. The third kappa shape index (κ3) is 3.11. The summed E-state index contributed by atoms with van der Waals surface area (Å²) in [6.45, 7) is 3.03. The summed E-state index contributed by atoms with van der Waals surface area (Å²) in [5, 5.41) is 0. The molecule has 1 aromatic rings. The van der Waals surface area contributed by atoms with E-state index in [1.807, 2.05) is 6.92 Å². The molecule has 0 unspecified atom stereocenters. The molecule has 0 atom stereocenters. The molecule has 0 aliphatic carbocycles. The Kier molecular flexibility index (Phi) is 4.29. The maximum absolute atomic E-state index is 12.0. The predicted molar refractivity (Wildman–Crippen MR) is 77.8 cm³/mol. The Labute approximate surface area is 122 Å². The van der Waals surface area contributed by atoms with Gasteiger partial charge in [-0.2, -0.15) is 0 Å². The molecule has 1 aliphatic rings.